The first-order valence-corrected chi connectivity index (χ1v) is 6.90. The molecule has 0 fully saturated rings. The Morgan fingerprint density at radius 3 is 2.43 bits per heavy atom. The molecule has 2 N–H and O–H groups in total. The van der Waals surface area contributed by atoms with Crippen LogP contribution in [0.25, 0.3) is 0 Å². The minimum Gasteiger partial charge on any atom is -0.399 e. The molecule has 21 heavy (non-hydrogen) atoms. The highest BCUT2D eigenvalue weighted by Crippen LogP contribution is 2.12. The molecule has 0 aliphatic carbocycles. The number of halogens is 2. The standard InChI is InChI=1S/C15H22F2N2O2/c1-11(2)19(9-12-3-5-13(18)6-4-12)15(20)7-8-21-10-14(16)17/h3-6,11,14H,7-10,18H2,1-2H3. The number of amides is 1. The molecule has 0 spiro atoms. The average Bonchev–Trinajstić information content (AvgIpc) is 2.42. The molecule has 1 rings (SSSR count). The summed E-state index contributed by atoms with van der Waals surface area (Å²) in [6.07, 6.45) is -2.41. The summed E-state index contributed by atoms with van der Waals surface area (Å²) in [6, 6.07) is 7.31. The van der Waals surface area contributed by atoms with Gasteiger partial charge in [0, 0.05) is 18.3 Å². The highest BCUT2D eigenvalue weighted by molar-refractivity contribution is 5.76. The highest BCUT2D eigenvalue weighted by Gasteiger charge is 2.17. The molecule has 0 aliphatic heterocycles. The van der Waals surface area contributed by atoms with E-state index in [9.17, 15) is 13.6 Å². The van der Waals surface area contributed by atoms with Gasteiger partial charge in [-0.3, -0.25) is 4.79 Å². The molecule has 4 nitrogen and oxygen atoms in total. The molecule has 6 heteroatoms. The normalized spacial score (nSPS) is 11.1. The molecule has 1 aromatic rings. The summed E-state index contributed by atoms with van der Waals surface area (Å²) >= 11 is 0. The SMILES string of the molecule is CC(C)N(Cc1ccc(N)cc1)C(=O)CCOCC(F)F. The van der Waals surface area contributed by atoms with Crippen LogP contribution in [0.1, 0.15) is 25.8 Å². The van der Waals surface area contributed by atoms with Gasteiger partial charge in [0.25, 0.3) is 6.43 Å². The Hall–Kier alpha value is -1.69. The molecule has 0 saturated carbocycles. The fourth-order valence-corrected chi connectivity index (χ4v) is 1.85. The first-order chi connectivity index (χ1) is 9.90. The van der Waals surface area contributed by atoms with Crippen molar-refractivity contribution in [3.63, 3.8) is 0 Å². The Morgan fingerprint density at radius 1 is 1.29 bits per heavy atom. The molecule has 0 saturated heterocycles. The van der Waals surface area contributed by atoms with Crippen molar-refractivity contribution in [1.29, 1.82) is 0 Å². The molecule has 0 atom stereocenters. The zero-order valence-electron chi connectivity index (χ0n) is 12.4. The van der Waals surface area contributed by atoms with E-state index < -0.39 is 13.0 Å². The molecule has 1 aromatic carbocycles. The summed E-state index contributed by atoms with van der Waals surface area (Å²) in [7, 11) is 0. The number of alkyl halides is 2. The van der Waals surface area contributed by atoms with Crippen molar-refractivity contribution < 1.29 is 18.3 Å². The van der Waals surface area contributed by atoms with E-state index in [4.69, 9.17) is 10.5 Å². The van der Waals surface area contributed by atoms with Gasteiger partial charge in [-0.05, 0) is 31.5 Å². The van der Waals surface area contributed by atoms with Crippen LogP contribution in [0.3, 0.4) is 0 Å². The number of hydrogen-bond acceptors (Lipinski definition) is 3. The number of rotatable bonds is 8. The molecule has 0 heterocycles. The summed E-state index contributed by atoms with van der Waals surface area (Å²) in [6.45, 7) is 3.66. The second kappa shape index (κ2) is 8.56. The van der Waals surface area contributed by atoms with E-state index >= 15 is 0 Å². The van der Waals surface area contributed by atoms with Crippen LogP contribution in [0.4, 0.5) is 14.5 Å². The van der Waals surface area contributed by atoms with Gasteiger partial charge in [-0.15, -0.1) is 0 Å². The zero-order valence-corrected chi connectivity index (χ0v) is 12.4. The lowest BCUT2D eigenvalue weighted by atomic mass is 10.1. The number of nitrogen functional groups attached to an aromatic ring is 1. The third kappa shape index (κ3) is 6.53. The monoisotopic (exact) mass is 300 g/mol. The van der Waals surface area contributed by atoms with E-state index in [2.05, 4.69) is 0 Å². The number of hydrogen-bond donors (Lipinski definition) is 1. The number of nitrogens with zero attached hydrogens (tertiary/aromatic N) is 1. The predicted molar refractivity (Wildman–Crippen MR) is 78.0 cm³/mol. The lowest BCUT2D eigenvalue weighted by Crippen LogP contribution is -2.37. The van der Waals surface area contributed by atoms with Gasteiger partial charge in [-0.1, -0.05) is 12.1 Å². The Morgan fingerprint density at radius 2 is 1.90 bits per heavy atom. The van der Waals surface area contributed by atoms with Crippen molar-refractivity contribution in [3.8, 4) is 0 Å². The first-order valence-electron chi connectivity index (χ1n) is 6.90. The third-order valence-electron chi connectivity index (χ3n) is 2.98. The number of carbonyl (C=O) groups excluding carboxylic acids is 1. The van der Waals surface area contributed by atoms with Crippen LogP contribution < -0.4 is 5.73 Å². The largest absolute Gasteiger partial charge is 0.399 e. The summed E-state index contributed by atoms with van der Waals surface area (Å²) in [4.78, 5) is 13.8. The molecule has 0 aliphatic rings. The van der Waals surface area contributed by atoms with Crippen LogP contribution >= 0.6 is 0 Å². The van der Waals surface area contributed by atoms with Gasteiger partial charge in [-0.25, -0.2) is 8.78 Å². The summed E-state index contributed by atoms with van der Waals surface area (Å²) in [5, 5.41) is 0. The van der Waals surface area contributed by atoms with Crippen LogP contribution in [0.5, 0.6) is 0 Å². The molecular formula is C15H22F2N2O2. The zero-order chi connectivity index (χ0) is 15.8. The maximum atomic E-state index is 12.1. The van der Waals surface area contributed by atoms with Crippen molar-refractivity contribution in [2.75, 3.05) is 18.9 Å². The van der Waals surface area contributed by atoms with E-state index in [-0.39, 0.29) is 25.0 Å². The smallest absolute Gasteiger partial charge is 0.261 e. The molecule has 118 valence electrons. The van der Waals surface area contributed by atoms with Gasteiger partial charge in [0.05, 0.1) is 13.0 Å². The Labute approximate surface area is 123 Å². The fraction of sp³-hybridized carbons (Fsp3) is 0.533. The summed E-state index contributed by atoms with van der Waals surface area (Å²) in [5.74, 6) is -0.115. The van der Waals surface area contributed by atoms with Crippen molar-refractivity contribution in [1.82, 2.24) is 4.90 Å². The maximum absolute atomic E-state index is 12.1. The van der Waals surface area contributed by atoms with Crippen molar-refractivity contribution in [3.05, 3.63) is 29.8 Å². The fourth-order valence-electron chi connectivity index (χ4n) is 1.85. The minimum absolute atomic E-state index is 0.00807. The number of benzene rings is 1. The molecule has 1 amide bonds. The van der Waals surface area contributed by atoms with Gasteiger partial charge >= 0.3 is 0 Å². The van der Waals surface area contributed by atoms with Crippen molar-refractivity contribution >= 4 is 11.6 Å². The Balaban J connectivity index is 2.52. The molecule has 0 unspecified atom stereocenters. The van der Waals surface area contributed by atoms with Crippen LogP contribution in [0, 0.1) is 0 Å². The maximum Gasteiger partial charge on any atom is 0.261 e. The van der Waals surface area contributed by atoms with E-state index in [0.717, 1.165) is 5.56 Å². The topological polar surface area (TPSA) is 55.6 Å². The molecule has 0 radical (unpaired) electrons. The average molecular weight is 300 g/mol. The number of nitrogens with two attached hydrogens (primary N) is 1. The van der Waals surface area contributed by atoms with Crippen LogP contribution in [-0.2, 0) is 16.1 Å². The van der Waals surface area contributed by atoms with Crippen molar-refractivity contribution in [2.24, 2.45) is 0 Å². The Kier molecular flexibility index (Phi) is 7.08. The van der Waals surface area contributed by atoms with Gasteiger partial charge in [0.2, 0.25) is 5.91 Å². The van der Waals surface area contributed by atoms with Gasteiger partial charge in [-0.2, -0.15) is 0 Å². The summed E-state index contributed by atoms with van der Waals surface area (Å²) < 4.78 is 28.6. The third-order valence-corrected chi connectivity index (χ3v) is 2.98. The highest BCUT2D eigenvalue weighted by atomic mass is 19.3. The first kappa shape index (κ1) is 17.4. The van der Waals surface area contributed by atoms with E-state index in [1.54, 1.807) is 17.0 Å². The van der Waals surface area contributed by atoms with Gasteiger partial charge < -0.3 is 15.4 Å². The quantitative estimate of drug-likeness (QED) is 0.593. The van der Waals surface area contributed by atoms with E-state index in [0.29, 0.717) is 12.2 Å². The van der Waals surface area contributed by atoms with Crippen LogP contribution in [0.15, 0.2) is 24.3 Å². The van der Waals surface area contributed by atoms with Crippen molar-refractivity contribution in [2.45, 2.75) is 39.3 Å². The van der Waals surface area contributed by atoms with E-state index in [1.807, 2.05) is 26.0 Å². The van der Waals surface area contributed by atoms with Gasteiger partial charge in [0.15, 0.2) is 0 Å². The summed E-state index contributed by atoms with van der Waals surface area (Å²) in [5.41, 5.74) is 7.26. The second-order valence-electron chi connectivity index (χ2n) is 5.07. The van der Waals surface area contributed by atoms with E-state index in [1.165, 1.54) is 0 Å². The second-order valence-corrected chi connectivity index (χ2v) is 5.07. The molecular weight excluding hydrogens is 278 g/mol. The minimum atomic E-state index is -2.50. The number of anilines is 1. The number of carbonyl (C=O) groups is 1. The molecule has 0 bridgehead atoms. The lowest BCUT2D eigenvalue weighted by molar-refractivity contribution is -0.135. The Bertz CT molecular complexity index is 436. The molecule has 0 aromatic heterocycles. The van der Waals surface area contributed by atoms with Crippen LogP contribution in [-0.4, -0.2) is 36.5 Å². The number of ether oxygens (including phenoxy) is 1. The van der Waals surface area contributed by atoms with Gasteiger partial charge in [0.1, 0.15) is 6.61 Å². The van der Waals surface area contributed by atoms with Crippen LogP contribution in [0.2, 0.25) is 0 Å². The lowest BCUT2D eigenvalue weighted by Gasteiger charge is -2.27. The predicted octanol–water partition coefficient (Wildman–Crippen LogP) is 2.68.